The van der Waals surface area contributed by atoms with Crippen molar-refractivity contribution < 1.29 is 4.74 Å². The van der Waals surface area contributed by atoms with E-state index < -0.39 is 0 Å². The Balaban J connectivity index is 2.36. The number of rotatable bonds is 6. The average Bonchev–Trinajstić information content (AvgIpc) is 3.01. The van der Waals surface area contributed by atoms with Crippen molar-refractivity contribution >= 4 is 0 Å². The van der Waals surface area contributed by atoms with Crippen molar-refractivity contribution in [2.45, 2.75) is 19.4 Å². The van der Waals surface area contributed by atoms with Gasteiger partial charge in [-0.2, -0.15) is 20.5 Å². The maximum absolute atomic E-state index is 5.34. The van der Waals surface area contributed by atoms with Crippen LogP contribution in [0.15, 0.2) is 12.4 Å². The normalized spacial score (nSPS) is 12.6. The summed E-state index contributed by atoms with van der Waals surface area (Å²) in [6.45, 7) is 3.00. The standard InChI is InChI=1S/C11H18N6O/c1-4-5-12-10(8-6-13-16-15-8)11-9(18-3)7-14-17(11)2/h6-7,10,12H,4-5H2,1-3H3,(H,13,15,16). The highest BCUT2D eigenvalue weighted by Gasteiger charge is 2.23. The maximum Gasteiger partial charge on any atom is 0.161 e. The lowest BCUT2D eigenvalue weighted by Crippen LogP contribution is -2.26. The quantitative estimate of drug-likeness (QED) is 0.786. The van der Waals surface area contributed by atoms with Gasteiger partial charge in [0.05, 0.1) is 25.5 Å². The number of ether oxygens (including phenoxy) is 1. The Morgan fingerprint density at radius 2 is 2.33 bits per heavy atom. The van der Waals surface area contributed by atoms with Crippen LogP contribution in [0.25, 0.3) is 0 Å². The predicted octanol–water partition coefficient (Wildman–Crippen LogP) is 0.636. The van der Waals surface area contributed by atoms with E-state index in [-0.39, 0.29) is 6.04 Å². The van der Waals surface area contributed by atoms with E-state index in [0.717, 1.165) is 30.1 Å². The highest BCUT2D eigenvalue weighted by atomic mass is 16.5. The predicted molar refractivity (Wildman–Crippen MR) is 66.3 cm³/mol. The number of hydrogen-bond donors (Lipinski definition) is 2. The third kappa shape index (κ3) is 2.35. The van der Waals surface area contributed by atoms with Crippen molar-refractivity contribution in [2.75, 3.05) is 13.7 Å². The highest BCUT2D eigenvalue weighted by Crippen LogP contribution is 2.27. The summed E-state index contributed by atoms with van der Waals surface area (Å²) < 4.78 is 7.14. The van der Waals surface area contributed by atoms with Crippen LogP contribution >= 0.6 is 0 Å². The highest BCUT2D eigenvalue weighted by molar-refractivity contribution is 5.32. The topological polar surface area (TPSA) is 80.7 Å². The van der Waals surface area contributed by atoms with Gasteiger partial charge in [0.1, 0.15) is 11.4 Å². The maximum atomic E-state index is 5.34. The average molecular weight is 250 g/mol. The van der Waals surface area contributed by atoms with Crippen LogP contribution in [-0.4, -0.2) is 38.8 Å². The molecule has 18 heavy (non-hydrogen) atoms. The van der Waals surface area contributed by atoms with Crippen LogP contribution in [0.3, 0.4) is 0 Å². The second kappa shape index (κ2) is 5.63. The van der Waals surface area contributed by atoms with E-state index in [1.807, 2.05) is 7.05 Å². The minimum Gasteiger partial charge on any atom is -0.493 e. The van der Waals surface area contributed by atoms with Crippen molar-refractivity contribution in [1.82, 2.24) is 30.5 Å². The zero-order chi connectivity index (χ0) is 13.0. The third-order valence-corrected chi connectivity index (χ3v) is 2.77. The number of nitrogens with zero attached hydrogens (tertiary/aromatic N) is 4. The number of methoxy groups -OCH3 is 1. The van der Waals surface area contributed by atoms with Gasteiger partial charge >= 0.3 is 0 Å². The van der Waals surface area contributed by atoms with Gasteiger partial charge in [0.15, 0.2) is 5.75 Å². The van der Waals surface area contributed by atoms with Gasteiger partial charge in [-0.3, -0.25) is 4.68 Å². The van der Waals surface area contributed by atoms with E-state index in [9.17, 15) is 0 Å². The van der Waals surface area contributed by atoms with E-state index in [4.69, 9.17) is 4.74 Å². The van der Waals surface area contributed by atoms with Gasteiger partial charge in [0.25, 0.3) is 0 Å². The summed E-state index contributed by atoms with van der Waals surface area (Å²) in [5.41, 5.74) is 1.77. The summed E-state index contributed by atoms with van der Waals surface area (Å²) in [5, 5.41) is 18.3. The summed E-state index contributed by atoms with van der Waals surface area (Å²) in [5.74, 6) is 0.745. The lowest BCUT2D eigenvalue weighted by Gasteiger charge is -2.17. The molecule has 98 valence electrons. The van der Waals surface area contributed by atoms with Gasteiger partial charge in [0.2, 0.25) is 0 Å². The molecule has 0 amide bonds. The van der Waals surface area contributed by atoms with Crippen LogP contribution in [0.1, 0.15) is 30.8 Å². The fourth-order valence-electron chi connectivity index (χ4n) is 1.89. The van der Waals surface area contributed by atoms with E-state index in [2.05, 4.69) is 32.7 Å². The molecule has 2 heterocycles. The van der Waals surface area contributed by atoms with Crippen molar-refractivity contribution in [3.05, 3.63) is 23.8 Å². The summed E-state index contributed by atoms with van der Waals surface area (Å²) >= 11 is 0. The first-order valence-corrected chi connectivity index (χ1v) is 5.92. The molecule has 7 nitrogen and oxygen atoms in total. The monoisotopic (exact) mass is 250 g/mol. The number of hydrogen-bond acceptors (Lipinski definition) is 5. The number of aromatic nitrogens is 5. The molecule has 2 N–H and O–H groups in total. The Morgan fingerprint density at radius 3 is 2.94 bits per heavy atom. The van der Waals surface area contributed by atoms with Gasteiger partial charge in [-0.05, 0) is 13.0 Å². The zero-order valence-electron chi connectivity index (χ0n) is 10.8. The smallest absolute Gasteiger partial charge is 0.161 e. The number of H-pyrrole nitrogens is 1. The second-order valence-corrected chi connectivity index (χ2v) is 4.00. The lowest BCUT2D eigenvalue weighted by atomic mass is 10.1. The first-order chi connectivity index (χ1) is 8.77. The molecule has 0 radical (unpaired) electrons. The van der Waals surface area contributed by atoms with Crippen LogP contribution in [0.2, 0.25) is 0 Å². The molecule has 1 atom stereocenters. The Morgan fingerprint density at radius 1 is 1.50 bits per heavy atom. The molecule has 0 saturated carbocycles. The van der Waals surface area contributed by atoms with Gasteiger partial charge in [-0.15, -0.1) is 0 Å². The van der Waals surface area contributed by atoms with Crippen molar-refractivity contribution in [1.29, 1.82) is 0 Å². The Bertz CT molecular complexity index is 478. The molecule has 2 aromatic heterocycles. The van der Waals surface area contributed by atoms with Crippen LogP contribution < -0.4 is 10.1 Å². The fourth-order valence-corrected chi connectivity index (χ4v) is 1.89. The van der Waals surface area contributed by atoms with Gasteiger partial charge in [-0.25, -0.2) is 0 Å². The van der Waals surface area contributed by atoms with Crippen LogP contribution in [0.5, 0.6) is 5.75 Å². The molecule has 0 bridgehead atoms. The first-order valence-electron chi connectivity index (χ1n) is 5.92. The summed E-state index contributed by atoms with van der Waals surface area (Å²) in [7, 11) is 3.53. The molecule has 1 unspecified atom stereocenters. The van der Waals surface area contributed by atoms with Crippen LogP contribution in [-0.2, 0) is 7.05 Å². The van der Waals surface area contributed by atoms with E-state index in [1.54, 1.807) is 24.2 Å². The molecule has 0 fully saturated rings. The minimum absolute atomic E-state index is 0.0776. The van der Waals surface area contributed by atoms with Crippen molar-refractivity contribution in [2.24, 2.45) is 7.05 Å². The van der Waals surface area contributed by atoms with E-state index in [0.29, 0.717) is 0 Å². The van der Waals surface area contributed by atoms with E-state index in [1.165, 1.54) is 0 Å². The largest absolute Gasteiger partial charge is 0.493 e. The molecular formula is C11H18N6O. The molecule has 0 aliphatic heterocycles. The lowest BCUT2D eigenvalue weighted by molar-refractivity contribution is 0.399. The van der Waals surface area contributed by atoms with Crippen molar-refractivity contribution in [3.8, 4) is 5.75 Å². The second-order valence-electron chi connectivity index (χ2n) is 4.00. The molecule has 0 spiro atoms. The summed E-state index contributed by atoms with van der Waals surface area (Å²) in [4.78, 5) is 0. The Labute approximate surface area is 106 Å². The Hall–Kier alpha value is -1.89. The van der Waals surface area contributed by atoms with E-state index >= 15 is 0 Å². The molecule has 7 heteroatoms. The number of aromatic amines is 1. The summed E-state index contributed by atoms with van der Waals surface area (Å²) in [6.07, 6.45) is 4.45. The summed E-state index contributed by atoms with van der Waals surface area (Å²) in [6, 6.07) is -0.0776. The minimum atomic E-state index is -0.0776. The SMILES string of the molecule is CCCNC(c1cn[nH]n1)c1c(OC)cnn1C. The van der Waals surface area contributed by atoms with Gasteiger partial charge in [-0.1, -0.05) is 6.92 Å². The molecule has 0 aromatic carbocycles. The van der Waals surface area contributed by atoms with Gasteiger partial charge in [0, 0.05) is 7.05 Å². The molecule has 0 aliphatic carbocycles. The Kier molecular flexibility index (Phi) is 3.93. The number of aryl methyl sites for hydroxylation is 1. The third-order valence-electron chi connectivity index (χ3n) is 2.77. The first kappa shape index (κ1) is 12.6. The fraction of sp³-hybridized carbons (Fsp3) is 0.545. The molecule has 0 saturated heterocycles. The number of nitrogens with one attached hydrogen (secondary N) is 2. The molecule has 2 rings (SSSR count). The van der Waals surface area contributed by atoms with Crippen LogP contribution in [0, 0.1) is 0 Å². The van der Waals surface area contributed by atoms with Gasteiger partial charge < -0.3 is 10.1 Å². The molecule has 0 aliphatic rings. The molecular weight excluding hydrogens is 232 g/mol. The van der Waals surface area contributed by atoms with Crippen LogP contribution in [0.4, 0.5) is 0 Å². The molecule has 2 aromatic rings. The zero-order valence-corrected chi connectivity index (χ0v) is 10.8. The van der Waals surface area contributed by atoms with Crippen molar-refractivity contribution in [3.63, 3.8) is 0 Å².